The Morgan fingerprint density at radius 3 is 2.83 bits per heavy atom. The number of nitrogens with one attached hydrogen (secondary N) is 1. The van der Waals surface area contributed by atoms with Gasteiger partial charge in [0.25, 0.3) is 5.91 Å². The van der Waals surface area contributed by atoms with Crippen molar-refractivity contribution in [2.45, 2.75) is 51.4 Å². The molecular formula is C18H24N4O2. The van der Waals surface area contributed by atoms with Gasteiger partial charge in [-0.25, -0.2) is 4.98 Å². The van der Waals surface area contributed by atoms with E-state index in [0.717, 1.165) is 31.0 Å². The highest BCUT2D eigenvalue weighted by Gasteiger charge is 2.51. The van der Waals surface area contributed by atoms with E-state index in [1.165, 1.54) is 12.8 Å². The number of carbonyl (C=O) groups is 1. The lowest BCUT2D eigenvalue weighted by Gasteiger charge is -2.28. The van der Waals surface area contributed by atoms with Crippen LogP contribution in [-0.2, 0) is 0 Å². The summed E-state index contributed by atoms with van der Waals surface area (Å²) in [4.78, 5) is 19.4. The highest BCUT2D eigenvalue weighted by Crippen LogP contribution is 2.52. The fourth-order valence-corrected chi connectivity index (χ4v) is 4.34. The monoisotopic (exact) mass is 328 g/mol. The Hall–Kier alpha value is -2.11. The molecule has 0 radical (unpaired) electrons. The van der Waals surface area contributed by atoms with Gasteiger partial charge in [-0.05, 0) is 30.4 Å². The normalized spacial score (nSPS) is 22.8. The summed E-state index contributed by atoms with van der Waals surface area (Å²) in [6.45, 7) is 5.67. The molecule has 2 aromatic rings. The van der Waals surface area contributed by atoms with Gasteiger partial charge in [-0.3, -0.25) is 9.89 Å². The Kier molecular flexibility index (Phi) is 3.70. The van der Waals surface area contributed by atoms with Crippen LogP contribution in [0.15, 0.2) is 22.8 Å². The van der Waals surface area contributed by atoms with Gasteiger partial charge >= 0.3 is 0 Å². The van der Waals surface area contributed by atoms with Crippen molar-refractivity contribution in [2.75, 3.05) is 13.1 Å². The summed E-state index contributed by atoms with van der Waals surface area (Å²) in [5, 5.41) is 7.53. The lowest BCUT2D eigenvalue weighted by Crippen LogP contribution is -2.31. The smallest absolute Gasteiger partial charge is 0.289 e. The Morgan fingerprint density at radius 2 is 2.21 bits per heavy atom. The number of rotatable bonds is 3. The maximum atomic E-state index is 12.7. The van der Waals surface area contributed by atoms with Crippen molar-refractivity contribution in [2.24, 2.45) is 5.41 Å². The third kappa shape index (κ3) is 2.44. The maximum absolute atomic E-state index is 12.7. The molecule has 6 heteroatoms. The number of furan rings is 1. The van der Waals surface area contributed by atoms with E-state index in [0.29, 0.717) is 18.2 Å². The number of carbonyl (C=O) groups excluding carboxylic acids is 1. The molecule has 0 bridgehead atoms. The first-order valence-electron chi connectivity index (χ1n) is 8.84. The second kappa shape index (κ2) is 5.76. The van der Waals surface area contributed by atoms with Gasteiger partial charge in [0, 0.05) is 24.9 Å². The molecule has 1 saturated heterocycles. The molecule has 6 nitrogen and oxygen atoms in total. The predicted octanol–water partition coefficient (Wildman–Crippen LogP) is 3.32. The fourth-order valence-electron chi connectivity index (χ4n) is 4.34. The van der Waals surface area contributed by atoms with Crippen molar-refractivity contribution in [1.82, 2.24) is 20.1 Å². The summed E-state index contributed by atoms with van der Waals surface area (Å²) in [6.07, 6.45) is 6.31. The van der Waals surface area contributed by atoms with E-state index < -0.39 is 0 Å². The zero-order valence-corrected chi connectivity index (χ0v) is 14.3. The second-order valence-corrected chi connectivity index (χ2v) is 7.52. The van der Waals surface area contributed by atoms with Gasteiger partial charge in [-0.15, -0.1) is 0 Å². The molecule has 4 rings (SSSR count). The molecular weight excluding hydrogens is 304 g/mol. The van der Waals surface area contributed by atoms with Crippen LogP contribution in [0, 0.1) is 5.41 Å². The number of aromatic amines is 1. The first kappa shape index (κ1) is 15.4. The van der Waals surface area contributed by atoms with Crippen LogP contribution >= 0.6 is 0 Å². The summed E-state index contributed by atoms with van der Waals surface area (Å²) in [6, 6.07) is 3.50. The summed E-state index contributed by atoms with van der Waals surface area (Å²) in [7, 11) is 0. The number of H-pyrrole nitrogens is 1. The van der Waals surface area contributed by atoms with Crippen molar-refractivity contribution in [1.29, 1.82) is 0 Å². The summed E-state index contributed by atoms with van der Waals surface area (Å²) in [5.41, 5.74) is 0.135. The van der Waals surface area contributed by atoms with Crippen LogP contribution in [0.2, 0.25) is 0 Å². The highest BCUT2D eigenvalue weighted by atomic mass is 16.3. The van der Waals surface area contributed by atoms with E-state index in [1.54, 1.807) is 18.4 Å². The Labute approximate surface area is 141 Å². The number of hydrogen-bond donors (Lipinski definition) is 1. The van der Waals surface area contributed by atoms with Crippen LogP contribution < -0.4 is 0 Å². The molecule has 1 atom stereocenters. The van der Waals surface area contributed by atoms with Crippen molar-refractivity contribution in [3.63, 3.8) is 0 Å². The predicted molar refractivity (Wildman–Crippen MR) is 88.7 cm³/mol. The van der Waals surface area contributed by atoms with Crippen LogP contribution in [0.3, 0.4) is 0 Å². The molecule has 2 fully saturated rings. The Balaban J connectivity index is 1.63. The Morgan fingerprint density at radius 1 is 1.42 bits per heavy atom. The van der Waals surface area contributed by atoms with Gasteiger partial charge < -0.3 is 9.32 Å². The topological polar surface area (TPSA) is 75.0 Å². The molecule has 1 amide bonds. The van der Waals surface area contributed by atoms with Gasteiger partial charge in [-0.2, -0.15) is 5.10 Å². The zero-order chi connectivity index (χ0) is 16.7. The van der Waals surface area contributed by atoms with Crippen LogP contribution in [0.5, 0.6) is 0 Å². The minimum absolute atomic E-state index is 0.0163. The van der Waals surface area contributed by atoms with Gasteiger partial charge in [-0.1, -0.05) is 26.7 Å². The molecule has 2 aromatic heterocycles. The van der Waals surface area contributed by atoms with E-state index >= 15 is 0 Å². The van der Waals surface area contributed by atoms with Crippen LogP contribution in [0.1, 0.15) is 73.6 Å². The first-order valence-corrected chi connectivity index (χ1v) is 8.84. The number of amides is 1. The summed E-state index contributed by atoms with van der Waals surface area (Å²) in [5.74, 6) is 2.74. The third-order valence-electron chi connectivity index (χ3n) is 5.63. The van der Waals surface area contributed by atoms with Gasteiger partial charge in [0.15, 0.2) is 11.6 Å². The zero-order valence-electron chi connectivity index (χ0n) is 14.3. The van der Waals surface area contributed by atoms with E-state index in [4.69, 9.17) is 9.40 Å². The fraction of sp³-hybridized carbons (Fsp3) is 0.611. The molecule has 24 heavy (non-hydrogen) atoms. The van der Waals surface area contributed by atoms with Gasteiger partial charge in [0.1, 0.15) is 5.82 Å². The minimum atomic E-state index is -0.0163. The van der Waals surface area contributed by atoms with Gasteiger partial charge in [0.2, 0.25) is 0 Å². The molecule has 2 aliphatic rings. The van der Waals surface area contributed by atoms with Crippen LogP contribution in [0.4, 0.5) is 0 Å². The van der Waals surface area contributed by atoms with E-state index in [-0.39, 0.29) is 17.2 Å². The van der Waals surface area contributed by atoms with Crippen LogP contribution in [0.25, 0.3) is 0 Å². The lowest BCUT2D eigenvalue weighted by molar-refractivity contribution is 0.0741. The molecule has 1 aliphatic heterocycles. The molecule has 1 N–H and O–H groups in total. The second-order valence-electron chi connectivity index (χ2n) is 7.52. The van der Waals surface area contributed by atoms with Crippen LogP contribution in [-0.4, -0.2) is 39.1 Å². The molecule has 1 spiro atoms. The standard InChI is InChI=1S/C18H24N4O2/c1-12(2)15-19-16(21-20-15)13-10-22(11-18(13)7-3-4-8-18)17(23)14-6-5-9-24-14/h5-6,9,12-13H,3-4,7-8,10-11H2,1-2H3,(H,19,20,21). The van der Waals surface area contributed by atoms with Crippen molar-refractivity contribution in [3.8, 4) is 0 Å². The van der Waals surface area contributed by atoms with Crippen molar-refractivity contribution < 1.29 is 9.21 Å². The van der Waals surface area contributed by atoms with Crippen molar-refractivity contribution >= 4 is 5.91 Å². The molecule has 1 saturated carbocycles. The number of hydrogen-bond acceptors (Lipinski definition) is 4. The minimum Gasteiger partial charge on any atom is -0.459 e. The summed E-state index contributed by atoms with van der Waals surface area (Å²) < 4.78 is 5.31. The number of likely N-dealkylation sites (tertiary alicyclic amines) is 1. The maximum Gasteiger partial charge on any atom is 0.289 e. The van der Waals surface area contributed by atoms with Gasteiger partial charge in [0.05, 0.1) is 6.26 Å². The molecule has 1 unspecified atom stereocenters. The number of nitrogens with zero attached hydrogens (tertiary/aromatic N) is 3. The van der Waals surface area contributed by atoms with E-state index in [1.807, 2.05) is 4.90 Å². The van der Waals surface area contributed by atoms with E-state index in [9.17, 15) is 4.79 Å². The SMILES string of the molecule is CC(C)c1n[nH]c(C2CN(C(=O)c3ccco3)CC23CCCC3)n1. The third-order valence-corrected chi connectivity index (χ3v) is 5.63. The average molecular weight is 328 g/mol. The molecule has 128 valence electrons. The lowest BCUT2D eigenvalue weighted by atomic mass is 9.76. The first-order chi connectivity index (χ1) is 11.6. The average Bonchev–Trinajstić information content (AvgIpc) is 3.36. The van der Waals surface area contributed by atoms with E-state index in [2.05, 4.69) is 24.0 Å². The van der Waals surface area contributed by atoms with Crippen molar-refractivity contribution in [3.05, 3.63) is 35.8 Å². The quantitative estimate of drug-likeness (QED) is 0.938. The largest absolute Gasteiger partial charge is 0.459 e. The molecule has 3 heterocycles. The Bertz CT molecular complexity index is 713. The molecule has 0 aromatic carbocycles. The molecule has 1 aliphatic carbocycles. The number of aromatic nitrogens is 3. The highest BCUT2D eigenvalue weighted by molar-refractivity contribution is 5.91. The summed E-state index contributed by atoms with van der Waals surface area (Å²) >= 11 is 0.